The highest BCUT2D eigenvalue weighted by molar-refractivity contribution is 5.95. The summed E-state index contributed by atoms with van der Waals surface area (Å²) in [5, 5.41) is 19.7. The third-order valence-electron chi connectivity index (χ3n) is 3.85. The van der Waals surface area contributed by atoms with Crippen molar-refractivity contribution >= 4 is 17.3 Å². The molecule has 2 rings (SSSR count). The summed E-state index contributed by atoms with van der Waals surface area (Å²) >= 11 is 0. The Balaban J connectivity index is 2.16. The smallest absolute Gasteiger partial charge is 0.272 e. The zero-order valence-electron chi connectivity index (χ0n) is 15.0. The summed E-state index contributed by atoms with van der Waals surface area (Å²) in [6.45, 7) is 1.51. The maximum absolute atomic E-state index is 12.7. The number of carbonyl (C=O) groups excluding carboxylic acids is 1. The lowest BCUT2D eigenvalue weighted by molar-refractivity contribution is -0.385. The number of nitro groups is 1. The molecule has 0 heterocycles. The summed E-state index contributed by atoms with van der Waals surface area (Å²) in [6.07, 6.45) is 0.153. The van der Waals surface area contributed by atoms with Gasteiger partial charge < -0.3 is 14.4 Å². The molecule has 0 aliphatic rings. The Morgan fingerprint density at radius 3 is 2.67 bits per heavy atom. The minimum absolute atomic E-state index is 0.0154. The van der Waals surface area contributed by atoms with E-state index in [0.29, 0.717) is 22.7 Å². The maximum atomic E-state index is 12.7. The van der Waals surface area contributed by atoms with Gasteiger partial charge in [0.2, 0.25) is 0 Å². The molecule has 0 spiro atoms. The van der Waals surface area contributed by atoms with Crippen LogP contribution in [0.4, 0.5) is 11.4 Å². The second kappa shape index (κ2) is 9.20. The van der Waals surface area contributed by atoms with Gasteiger partial charge in [0, 0.05) is 18.2 Å². The minimum atomic E-state index is -0.477. The first kappa shape index (κ1) is 19.7. The number of nitrogens with zero attached hydrogens (tertiary/aromatic N) is 3. The highest BCUT2D eigenvalue weighted by Gasteiger charge is 2.20. The molecule has 0 bridgehead atoms. The number of nitriles is 1. The van der Waals surface area contributed by atoms with Gasteiger partial charge in [0.15, 0.2) is 6.61 Å². The highest BCUT2D eigenvalue weighted by Crippen LogP contribution is 2.28. The number of aryl methyl sites for hydroxylation is 1. The van der Waals surface area contributed by atoms with E-state index in [2.05, 4.69) is 0 Å². The number of para-hydroxylation sites is 2. The fourth-order valence-corrected chi connectivity index (χ4v) is 2.54. The number of nitro benzene ring substituents is 1. The Labute approximate surface area is 156 Å². The fraction of sp³-hybridized carbons (Fsp3) is 0.263. The van der Waals surface area contributed by atoms with Crippen LogP contribution in [0, 0.1) is 28.4 Å². The molecular weight excluding hydrogens is 350 g/mol. The summed E-state index contributed by atoms with van der Waals surface area (Å²) in [6, 6.07) is 13.3. The number of methoxy groups -OCH3 is 1. The second-order valence-corrected chi connectivity index (χ2v) is 5.62. The van der Waals surface area contributed by atoms with Crippen molar-refractivity contribution < 1.29 is 19.2 Å². The number of hydrogen-bond donors (Lipinski definition) is 0. The van der Waals surface area contributed by atoms with Crippen molar-refractivity contribution in [3.63, 3.8) is 0 Å². The van der Waals surface area contributed by atoms with E-state index in [-0.39, 0.29) is 31.2 Å². The van der Waals surface area contributed by atoms with E-state index in [1.165, 1.54) is 30.2 Å². The van der Waals surface area contributed by atoms with E-state index in [1.54, 1.807) is 31.2 Å². The lowest BCUT2D eigenvalue weighted by Crippen LogP contribution is -2.36. The largest absolute Gasteiger partial charge is 0.495 e. The molecule has 0 fully saturated rings. The van der Waals surface area contributed by atoms with Crippen molar-refractivity contribution in [2.75, 3.05) is 25.2 Å². The molecule has 0 saturated heterocycles. The molecule has 8 nitrogen and oxygen atoms in total. The number of rotatable bonds is 8. The van der Waals surface area contributed by atoms with Crippen LogP contribution in [-0.2, 0) is 4.79 Å². The molecule has 0 aliphatic carbocycles. The van der Waals surface area contributed by atoms with E-state index in [9.17, 15) is 14.9 Å². The van der Waals surface area contributed by atoms with Crippen molar-refractivity contribution in [3.05, 3.63) is 58.1 Å². The standard InChI is InChI=1S/C19H19N3O5/c1-14-12-15(8-9-16(14)22(24)25)27-13-19(23)21(11-5-10-20)17-6-3-4-7-18(17)26-2/h3-4,6-9,12H,5,11,13H2,1-2H3. The number of hydrogen-bond acceptors (Lipinski definition) is 6. The fourth-order valence-electron chi connectivity index (χ4n) is 2.54. The van der Waals surface area contributed by atoms with Crippen LogP contribution in [0.5, 0.6) is 11.5 Å². The van der Waals surface area contributed by atoms with Gasteiger partial charge in [-0.05, 0) is 31.2 Å². The predicted octanol–water partition coefficient (Wildman–Crippen LogP) is 3.24. The Hall–Kier alpha value is -3.60. The molecular formula is C19H19N3O5. The molecule has 27 heavy (non-hydrogen) atoms. The molecule has 140 valence electrons. The van der Waals surface area contributed by atoms with Crippen LogP contribution in [-0.4, -0.2) is 31.1 Å². The zero-order valence-corrected chi connectivity index (χ0v) is 15.0. The molecule has 0 saturated carbocycles. The lowest BCUT2D eigenvalue weighted by atomic mass is 10.2. The number of benzene rings is 2. The Morgan fingerprint density at radius 1 is 1.30 bits per heavy atom. The van der Waals surface area contributed by atoms with Crippen molar-refractivity contribution in [2.24, 2.45) is 0 Å². The van der Waals surface area contributed by atoms with Gasteiger partial charge in [-0.1, -0.05) is 12.1 Å². The van der Waals surface area contributed by atoms with Gasteiger partial charge in [-0.25, -0.2) is 0 Å². The van der Waals surface area contributed by atoms with Gasteiger partial charge in [-0.3, -0.25) is 14.9 Å². The summed E-state index contributed by atoms with van der Waals surface area (Å²) in [7, 11) is 1.50. The van der Waals surface area contributed by atoms with Crippen LogP contribution >= 0.6 is 0 Å². The van der Waals surface area contributed by atoms with Gasteiger partial charge in [0.25, 0.3) is 11.6 Å². The summed E-state index contributed by atoms with van der Waals surface area (Å²) in [5.41, 5.74) is 0.970. The number of amides is 1. The number of anilines is 1. The SMILES string of the molecule is COc1ccccc1N(CCC#N)C(=O)COc1ccc([N+](=O)[O-])c(C)c1. The van der Waals surface area contributed by atoms with E-state index >= 15 is 0 Å². The molecule has 0 radical (unpaired) electrons. The van der Waals surface area contributed by atoms with Crippen molar-refractivity contribution in [1.29, 1.82) is 5.26 Å². The van der Waals surface area contributed by atoms with Gasteiger partial charge >= 0.3 is 0 Å². The van der Waals surface area contributed by atoms with E-state index in [1.807, 2.05) is 6.07 Å². The van der Waals surface area contributed by atoms with Crippen LogP contribution in [0.15, 0.2) is 42.5 Å². The van der Waals surface area contributed by atoms with Crippen molar-refractivity contribution in [3.8, 4) is 17.6 Å². The average molecular weight is 369 g/mol. The number of carbonyl (C=O) groups is 1. The molecule has 0 atom stereocenters. The third kappa shape index (κ3) is 4.95. The molecule has 0 aromatic heterocycles. The topological polar surface area (TPSA) is 106 Å². The first-order chi connectivity index (χ1) is 13.0. The molecule has 0 aliphatic heterocycles. The summed E-state index contributed by atoms with van der Waals surface area (Å²) in [4.78, 5) is 24.5. The molecule has 2 aromatic rings. The minimum Gasteiger partial charge on any atom is -0.495 e. The molecule has 8 heteroatoms. The van der Waals surface area contributed by atoms with Crippen molar-refractivity contribution in [1.82, 2.24) is 0 Å². The summed E-state index contributed by atoms with van der Waals surface area (Å²) < 4.78 is 10.8. The van der Waals surface area contributed by atoms with E-state index < -0.39 is 4.92 Å². The Morgan fingerprint density at radius 2 is 2.04 bits per heavy atom. The predicted molar refractivity (Wildman–Crippen MR) is 98.9 cm³/mol. The van der Waals surface area contributed by atoms with Crippen LogP contribution < -0.4 is 14.4 Å². The van der Waals surface area contributed by atoms with Crippen molar-refractivity contribution in [2.45, 2.75) is 13.3 Å². The quantitative estimate of drug-likeness (QED) is 0.522. The van der Waals surface area contributed by atoms with E-state index in [4.69, 9.17) is 14.7 Å². The second-order valence-electron chi connectivity index (χ2n) is 5.62. The molecule has 1 amide bonds. The Kier molecular flexibility index (Phi) is 6.72. The number of ether oxygens (including phenoxy) is 2. The molecule has 2 aromatic carbocycles. The van der Waals surface area contributed by atoms with Crippen LogP contribution in [0.1, 0.15) is 12.0 Å². The molecule has 0 N–H and O–H groups in total. The first-order valence-electron chi connectivity index (χ1n) is 8.16. The van der Waals surface area contributed by atoms with Crippen LogP contribution in [0.25, 0.3) is 0 Å². The van der Waals surface area contributed by atoms with Crippen LogP contribution in [0.3, 0.4) is 0 Å². The average Bonchev–Trinajstić information content (AvgIpc) is 2.66. The Bertz CT molecular complexity index is 876. The van der Waals surface area contributed by atoms with Gasteiger partial charge in [0.1, 0.15) is 11.5 Å². The molecule has 0 unspecified atom stereocenters. The normalized spacial score (nSPS) is 9.96. The zero-order chi connectivity index (χ0) is 19.8. The third-order valence-corrected chi connectivity index (χ3v) is 3.85. The van der Waals surface area contributed by atoms with E-state index in [0.717, 1.165) is 0 Å². The summed E-state index contributed by atoms with van der Waals surface area (Å²) in [5.74, 6) is 0.507. The first-order valence-corrected chi connectivity index (χ1v) is 8.16. The highest BCUT2D eigenvalue weighted by atomic mass is 16.6. The van der Waals surface area contributed by atoms with Gasteiger partial charge in [-0.2, -0.15) is 5.26 Å². The monoisotopic (exact) mass is 369 g/mol. The van der Waals surface area contributed by atoms with Crippen LogP contribution in [0.2, 0.25) is 0 Å². The lowest BCUT2D eigenvalue weighted by Gasteiger charge is -2.23. The maximum Gasteiger partial charge on any atom is 0.272 e. The van der Waals surface area contributed by atoms with Gasteiger partial charge in [-0.15, -0.1) is 0 Å². The van der Waals surface area contributed by atoms with Gasteiger partial charge in [0.05, 0.1) is 30.2 Å².